The summed E-state index contributed by atoms with van der Waals surface area (Å²) in [6, 6.07) is 3.35. The monoisotopic (exact) mass is 134 g/mol. The fourth-order valence-corrected chi connectivity index (χ4v) is 0.697. The second kappa shape index (κ2) is 2.60. The van der Waals surface area contributed by atoms with Gasteiger partial charge in [0.25, 0.3) is 0 Å². The standard InChI is InChI=1S/C8H8NO/c1-6-5-8(7(2)10)3-4-9-6/h3-5H,1H2,2H3. The van der Waals surface area contributed by atoms with Crippen LogP contribution in [0.3, 0.4) is 0 Å². The van der Waals surface area contributed by atoms with Crippen LogP contribution in [0.2, 0.25) is 0 Å². The Balaban J connectivity index is 3.07. The molecule has 0 spiro atoms. The van der Waals surface area contributed by atoms with Gasteiger partial charge in [0.15, 0.2) is 5.78 Å². The fourth-order valence-electron chi connectivity index (χ4n) is 0.697. The highest BCUT2D eigenvalue weighted by Crippen LogP contribution is 2.00. The number of carbonyl (C=O) groups is 1. The lowest BCUT2D eigenvalue weighted by Gasteiger charge is -1.93. The SMILES string of the molecule is [CH2]c1cc(C(C)=O)ccn1. The number of hydrogen-bond acceptors (Lipinski definition) is 2. The lowest BCUT2D eigenvalue weighted by molar-refractivity contribution is 0.101. The smallest absolute Gasteiger partial charge is 0.159 e. The summed E-state index contributed by atoms with van der Waals surface area (Å²) in [4.78, 5) is 14.6. The van der Waals surface area contributed by atoms with E-state index in [1.54, 1.807) is 18.3 Å². The Labute approximate surface area is 59.9 Å². The van der Waals surface area contributed by atoms with Gasteiger partial charge in [0.2, 0.25) is 0 Å². The molecule has 0 atom stereocenters. The van der Waals surface area contributed by atoms with Gasteiger partial charge >= 0.3 is 0 Å². The van der Waals surface area contributed by atoms with E-state index in [1.807, 2.05) is 0 Å². The molecule has 1 aromatic heterocycles. The van der Waals surface area contributed by atoms with Crippen molar-refractivity contribution >= 4 is 5.78 Å². The minimum Gasteiger partial charge on any atom is -0.295 e. The molecular weight excluding hydrogens is 126 g/mol. The number of rotatable bonds is 1. The molecule has 0 fully saturated rings. The molecule has 0 aliphatic heterocycles. The highest BCUT2D eigenvalue weighted by atomic mass is 16.1. The number of carbonyl (C=O) groups excluding carboxylic acids is 1. The van der Waals surface area contributed by atoms with Gasteiger partial charge in [0.05, 0.1) is 0 Å². The van der Waals surface area contributed by atoms with E-state index < -0.39 is 0 Å². The quantitative estimate of drug-likeness (QED) is 0.544. The van der Waals surface area contributed by atoms with Gasteiger partial charge < -0.3 is 0 Å². The van der Waals surface area contributed by atoms with Gasteiger partial charge in [-0.2, -0.15) is 0 Å². The lowest BCUT2D eigenvalue weighted by Crippen LogP contribution is -1.92. The van der Waals surface area contributed by atoms with Gasteiger partial charge in [-0.15, -0.1) is 0 Å². The van der Waals surface area contributed by atoms with Crippen molar-refractivity contribution in [3.8, 4) is 0 Å². The maximum absolute atomic E-state index is 10.7. The zero-order valence-electron chi connectivity index (χ0n) is 5.79. The first-order valence-electron chi connectivity index (χ1n) is 2.99. The van der Waals surface area contributed by atoms with Gasteiger partial charge in [-0.05, 0) is 26.0 Å². The summed E-state index contributed by atoms with van der Waals surface area (Å²) in [5, 5.41) is 0. The second-order valence-electron chi connectivity index (χ2n) is 2.09. The molecule has 0 saturated heterocycles. The van der Waals surface area contributed by atoms with Gasteiger partial charge in [0, 0.05) is 17.5 Å². The van der Waals surface area contributed by atoms with E-state index in [2.05, 4.69) is 11.9 Å². The summed E-state index contributed by atoms with van der Waals surface area (Å²) in [6.45, 7) is 5.12. The third kappa shape index (κ3) is 1.41. The largest absolute Gasteiger partial charge is 0.295 e. The van der Waals surface area contributed by atoms with Crippen LogP contribution in [0.15, 0.2) is 18.3 Å². The normalized spacial score (nSPS) is 9.40. The van der Waals surface area contributed by atoms with Gasteiger partial charge in [-0.3, -0.25) is 9.78 Å². The van der Waals surface area contributed by atoms with Gasteiger partial charge in [-0.1, -0.05) is 0 Å². The molecule has 0 aliphatic carbocycles. The van der Waals surface area contributed by atoms with Crippen LogP contribution in [-0.4, -0.2) is 10.8 Å². The van der Waals surface area contributed by atoms with E-state index in [9.17, 15) is 4.79 Å². The predicted molar refractivity (Wildman–Crippen MR) is 38.7 cm³/mol. The van der Waals surface area contributed by atoms with E-state index in [4.69, 9.17) is 0 Å². The zero-order valence-corrected chi connectivity index (χ0v) is 5.79. The van der Waals surface area contributed by atoms with E-state index in [1.165, 1.54) is 6.92 Å². The molecule has 2 nitrogen and oxygen atoms in total. The Hall–Kier alpha value is -1.18. The van der Waals surface area contributed by atoms with Crippen molar-refractivity contribution < 1.29 is 4.79 Å². The van der Waals surface area contributed by atoms with E-state index in [-0.39, 0.29) is 5.78 Å². The molecule has 1 rings (SSSR count). The number of ketones is 1. The van der Waals surface area contributed by atoms with E-state index >= 15 is 0 Å². The molecule has 0 N–H and O–H groups in total. The molecule has 0 unspecified atom stereocenters. The third-order valence-corrected chi connectivity index (χ3v) is 1.22. The topological polar surface area (TPSA) is 30.0 Å². The molecule has 0 aliphatic rings. The van der Waals surface area contributed by atoms with E-state index in [0.717, 1.165) is 0 Å². The Bertz CT molecular complexity index is 255. The predicted octanol–water partition coefficient (Wildman–Crippen LogP) is 1.47. The number of aromatic nitrogens is 1. The fraction of sp³-hybridized carbons (Fsp3) is 0.125. The Morgan fingerprint density at radius 1 is 1.70 bits per heavy atom. The van der Waals surface area contributed by atoms with Crippen LogP contribution in [0.4, 0.5) is 0 Å². The maximum Gasteiger partial charge on any atom is 0.159 e. The number of pyridine rings is 1. The Morgan fingerprint density at radius 3 is 2.80 bits per heavy atom. The molecule has 0 bridgehead atoms. The summed E-state index contributed by atoms with van der Waals surface area (Å²) in [5.41, 5.74) is 1.30. The number of nitrogens with zero attached hydrogens (tertiary/aromatic N) is 1. The molecule has 1 radical (unpaired) electrons. The van der Waals surface area contributed by atoms with Crippen LogP contribution in [0.5, 0.6) is 0 Å². The first kappa shape index (κ1) is 6.93. The lowest BCUT2D eigenvalue weighted by atomic mass is 10.2. The highest BCUT2D eigenvalue weighted by Gasteiger charge is 1.96. The van der Waals surface area contributed by atoms with Crippen LogP contribution in [-0.2, 0) is 0 Å². The van der Waals surface area contributed by atoms with Crippen LogP contribution in [0.1, 0.15) is 23.0 Å². The third-order valence-electron chi connectivity index (χ3n) is 1.22. The Kier molecular flexibility index (Phi) is 1.81. The van der Waals surface area contributed by atoms with Crippen molar-refractivity contribution in [1.82, 2.24) is 4.98 Å². The molecule has 0 saturated carbocycles. The summed E-state index contributed by atoms with van der Waals surface area (Å²) in [6.07, 6.45) is 1.58. The van der Waals surface area contributed by atoms with Crippen molar-refractivity contribution in [3.05, 3.63) is 36.5 Å². The average Bonchev–Trinajstić information content (AvgIpc) is 1.88. The number of Topliss-reactive ketones (excluding diaryl/α,β-unsaturated/α-hetero) is 1. The summed E-state index contributed by atoms with van der Waals surface area (Å²) < 4.78 is 0. The molecule has 1 aromatic rings. The minimum atomic E-state index is 0.0484. The first-order valence-corrected chi connectivity index (χ1v) is 2.99. The molecule has 10 heavy (non-hydrogen) atoms. The number of hydrogen-bond donors (Lipinski definition) is 0. The van der Waals surface area contributed by atoms with Crippen molar-refractivity contribution in [3.63, 3.8) is 0 Å². The van der Waals surface area contributed by atoms with Gasteiger partial charge in [-0.25, -0.2) is 0 Å². The summed E-state index contributed by atoms with van der Waals surface area (Å²) >= 11 is 0. The van der Waals surface area contributed by atoms with Crippen molar-refractivity contribution in [1.29, 1.82) is 0 Å². The molecule has 0 aromatic carbocycles. The van der Waals surface area contributed by atoms with Crippen LogP contribution in [0.25, 0.3) is 0 Å². The molecule has 2 heteroatoms. The van der Waals surface area contributed by atoms with Crippen molar-refractivity contribution in [2.45, 2.75) is 6.92 Å². The van der Waals surface area contributed by atoms with Crippen LogP contribution in [0, 0.1) is 6.92 Å². The Morgan fingerprint density at radius 2 is 2.40 bits per heavy atom. The second-order valence-corrected chi connectivity index (χ2v) is 2.09. The summed E-state index contributed by atoms with van der Waals surface area (Å²) in [5.74, 6) is 0.0484. The maximum atomic E-state index is 10.7. The zero-order chi connectivity index (χ0) is 7.56. The first-order chi connectivity index (χ1) is 4.70. The van der Waals surface area contributed by atoms with Crippen molar-refractivity contribution in [2.24, 2.45) is 0 Å². The van der Waals surface area contributed by atoms with E-state index in [0.29, 0.717) is 11.3 Å². The van der Waals surface area contributed by atoms with Gasteiger partial charge in [0.1, 0.15) is 0 Å². The highest BCUT2D eigenvalue weighted by molar-refractivity contribution is 5.94. The van der Waals surface area contributed by atoms with Crippen molar-refractivity contribution in [2.75, 3.05) is 0 Å². The molecular formula is C8H8NO. The average molecular weight is 134 g/mol. The minimum absolute atomic E-state index is 0.0484. The van der Waals surface area contributed by atoms with Crippen LogP contribution < -0.4 is 0 Å². The molecule has 1 heterocycles. The molecule has 0 amide bonds. The van der Waals surface area contributed by atoms with Crippen LogP contribution >= 0.6 is 0 Å². The summed E-state index contributed by atoms with van der Waals surface area (Å²) in [7, 11) is 0. The molecule has 51 valence electrons.